The van der Waals surface area contributed by atoms with Crippen molar-refractivity contribution in [2.45, 2.75) is 19.8 Å². The van der Waals surface area contributed by atoms with Gasteiger partial charge >= 0.3 is 0 Å². The highest BCUT2D eigenvalue weighted by Gasteiger charge is 2.20. The summed E-state index contributed by atoms with van der Waals surface area (Å²) in [7, 11) is -2.77. The van der Waals surface area contributed by atoms with Crippen LogP contribution in [0.3, 0.4) is 0 Å². The Bertz CT molecular complexity index is 273. The van der Waals surface area contributed by atoms with E-state index in [1.54, 1.807) is 0 Å². The molecule has 1 unspecified atom stereocenters. The maximum Gasteiger partial charge on any atom is 0.151 e. The van der Waals surface area contributed by atoms with E-state index < -0.39 is 9.84 Å². The van der Waals surface area contributed by atoms with E-state index in [1.807, 2.05) is 0 Å². The van der Waals surface area contributed by atoms with Crippen LogP contribution in [0, 0.1) is 5.92 Å². The predicted octanol–water partition coefficient (Wildman–Crippen LogP) is 0.0918. The zero-order valence-corrected chi connectivity index (χ0v) is 10.3. The highest BCUT2D eigenvalue weighted by molar-refractivity contribution is 7.91. The molecule has 1 atom stereocenters. The first-order valence-electron chi connectivity index (χ1n) is 5.70. The van der Waals surface area contributed by atoms with E-state index in [0.717, 1.165) is 25.9 Å². The first-order valence-corrected chi connectivity index (χ1v) is 7.52. The van der Waals surface area contributed by atoms with Crippen molar-refractivity contribution in [3.05, 3.63) is 0 Å². The molecule has 0 spiro atoms. The van der Waals surface area contributed by atoms with Gasteiger partial charge in [-0.05, 0) is 25.4 Å². The molecule has 1 aliphatic heterocycles. The summed E-state index contributed by atoms with van der Waals surface area (Å²) >= 11 is 0. The van der Waals surface area contributed by atoms with Gasteiger partial charge < -0.3 is 10.6 Å². The number of hydrogen-bond acceptors (Lipinski definition) is 4. The van der Waals surface area contributed by atoms with Crippen molar-refractivity contribution in [2.75, 3.05) is 37.7 Å². The Balaban J connectivity index is 2.44. The van der Waals surface area contributed by atoms with Gasteiger partial charge in [-0.15, -0.1) is 0 Å². The highest BCUT2D eigenvalue weighted by Crippen LogP contribution is 2.09. The first-order chi connectivity index (χ1) is 7.07. The fraction of sp³-hybridized carbons (Fsp3) is 1.00. The standard InChI is InChI=1S/C10H22N2O2S/c1-2-10(8-11)9-12-4-3-6-15(13,14)7-5-12/h10H,2-9,11H2,1H3. The van der Waals surface area contributed by atoms with E-state index in [0.29, 0.717) is 30.5 Å². The van der Waals surface area contributed by atoms with Gasteiger partial charge in [-0.3, -0.25) is 0 Å². The zero-order chi connectivity index (χ0) is 11.3. The third-order valence-electron chi connectivity index (χ3n) is 3.08. The van der Waals surface area contributed by atoms with Gasteiger partial charge in [0.25, 0.3) is 0 Å². The van der Waals surface area contributed by atoms with Gasteiger partial charge in [0, 0.05) is 13.1 Å². The lowest BCUT2D eigenvalue weighted by molar-refractivity contribution is 0.245. The van der Waals surface area contributed by atoms with E-state index in [4.69, 9.17) is 5.73 Å². The Morgan fingerprint density at radius 3 is 2.67 bits per heavy atom. The molecule has 1 saturated heterocycles. The second-order valence-corrected chi connectivity index (χ2v) is 6.62. The summed E-state index contributed by atoms with van der Waals surface area (Å²) in [5.74, 6) is 1.17. The molecule has 0 radical (unpaired) electrons. The molecule has 90 valence electrons. The minimum Gasteiger partial charge on any atom is -0.330 e. The Morgan fingerprint density at radius 1 is 1.33 bits per heavy atom. The van der Waals surface area contributed by atoms with Crippen LogP contribution >= 0.6 is 0 Å². The minimum atomic E-state index is -2.77. The number of nitrogens with zero attached hydrogens (tertiary/aromatic N) is 1. The fourth-order valence-electron chi connectivity index (χ4n) is 1.91. The van der Waals surface area contributed by atoms with Crippen LogP contribution in [0.15, 0.2) is 0 Å². The molecule has 1 rings (SSSR count). The summed E-state index contributed by atoms with van der Waals surface area (Å²) < 4.78 is 22.8. The van der Waals surface area contributed by atoms with Crippen molar-refractivity contribution in [3.63, 3.8) is 0 Å². The molecular formula is C10H22N2O2S. The van der Waals surface area contributed by atoms with Crippen LogP contribution in [-0.2, 0) is 9.84 Å². The number of rotatable bonds is 4. The highest BCUT2D eigenvalue weighted by atomic mass is 32.2. The third-order valence-corrected chi connectivity index (χ3v) is 4.79. The van der Waals surface area contributed by atoms with Crippen LogP contribution < -0.4 is 5.73 Å². The van der Waals surface area contributed by atoms with Gasteiger partial charge in [0.05, 0.1) is 11.5 Å². The van der Waals surface area contributed by atoms with Crippen LogP contribution in [0.1, 0.15) is 19.8 Å². The molecule has 5 heteroatoms. The molecule has 15 heavy (non-hydrogen) atoms. The largest absolute Gasteiger partial charge is 0.330 e. The molecular weight excluding hydrogens is 212 g/mol. The van der Waals surface area contributed by atoms with Gasteiger partial charge in [0.2, 0.25) is 0 Å². The molecule has 1 fully saturated rings. The van der Waals surface area contributed by atoms with Crippen molar-refractivity contribution in [3.8, 4) is 0 Å². The summed E-state index contributed by atoms with van der Waals surface area (Å²) in [4.78, 5) is 2.24. The van der Waals surface area contributed by atoms with Crippen LogP contribution in [0.25, 0.3) is 0 Å². The third kappa shape index (κ3) is 4.49. The summed E-state index contributed by atoms with van der Waals surface area (Å²) in [6.07, 6.45) is 1.84. The Labute approximate surface area is 92.7 Å². The lowest BCUT2D eigenvalue weighted by Crippen LogP contribution is -2.34. The molecule has 2 N–H and O–H groups in total. The first kappa shape index (κ1) is 12.9. The van der Waals surface area contributed by atoms with Crippen LogP contribution in [-0.4, -0.2) is 51.0 Å². The Morgan fingerprint density at radius 2 is 2.07 bits per heavy atom. The number of nitrogens with two attached hydrogens (primary N) is 1. The second kappa shape index (κ2) is 5.82. The summed E-state index contributed by atoms with van der Waals surface area (Å²) in [6.45, 7) is 5.35. The quantitative estimate of drug-likeness (QED) is 0.749. The predicted molar refractivity (Wildman–Crippen MR) is 62.5 cm³/mol. The smallest absolute Gasteiger partial charge is 0.151 e. The van der Waals surface area contributed by atoms with E-state index in [9.17, 15) is 8.42 Å². The van der Waals surface area contributed by atoms with Crippen molar-refractivity contribution in [1.29, 1.82) is 0 Å². The molecule has 0 saturated carbocycles. The monoisotopic (exact) mass is 234 g/mol. The van der Waals surface area contributed by atoms with Crippen molar-refractivity contribution in [2.24, 2.45) is 11.7 Å². The minimum absolute atomic E-state index is 0.313. The summed E-state index contributed by atoms with van der Waals surface area (Å²) in [6, 6.07) is 0. The van der Waals surface area contributed by atoms with Crippen LogP contribution in [0.2, 0.25) is 0 Å². The molecule has 0 aliphatic carbocycles. The van der Waals surface area contributed by atoms with Gasteiger partial charge in [0.1, 0.15) is 0 Å². The average Bonchev–Trinajstić information content (AvgIpc) is 2.36. The number of hydrogen-bond donors (Lipinski definition) is 1. The lowest BCUT2D eigenvalue weighted by atomic mass is 10.1. The van der Waals surface area contributed by atoms with E-state index in [2.05, 4.69) is 11.8 Å². The van der Waals surface area contributed by atoms with Crippen molar-refractivity contribution >= 4 is 9.84 Å². The molecule has 1 aliphatic rings. The maximum atomic E-state index is 11.4. The van der Waals surface area contributed by atoms with Gasteiger partial charge in [0.15, 0.2) is 9.84 Å². The molecule has 0 aromatic rings. The summed E-state index contributed by atoms with van der Waals surface area (Å²) in [5, 5.41) is 0. The Hall–Kier alpha value is -0.130. The van der Waals surface area contributed by atoms with Crippen LogP contribution in [0.4, 0.5) is 0 Å². The van der Waals surface area contributed by atoms with E-state index in [1.165, 1.54) is 0 Å². The van der Waals surface area contributed by atoms with E-state index >= 15 is 0 Å². The summed E-state index contributed by atoms with van der Waals surface area (Å²) in [5.41, 5.74) is 5.65. The normalized spacial score (nSPS) is 24.7. The molecule has 0 bridgehead atoms. The molecule has 0 aromatic carbocycles. The average molecular weight is 234 g/mol. The maximum absolute atomic E-state index is 11.4. The molecule has 4 nitrogen and oxygen atoms in total. The van der Waals surface area contributed by atoms with Gasteiger partial charge in [-0.1, -0.05) is 13.3 Å². The Kier molecular flexibility index (Phi) is 5.02. The molecule has 1 heterocycles. The molecule has 0 amide bonds. The topological polar surface area (TPSA) is 63.4 Å². The van der Waals surface area contributed by atoms with E-state index in [-0.39, 0.29) is 0 Å². The number of sulfone groups is 1. The van der Waals surface area contributed by atoms with Crippen LogP contribution in [0.5, 0.6) is 0 Å². The fourth-order valence-corrected chi connectivity index (χ4v) is 3.22. The molecule has 0 aromatic heterocycles. The van der Waals surface area contributed by atoms with Crippen molar-refractivity contribution < 1.29 is 8.42 Å². The van der Waals surface area contributed by atoms with Gasteiger partial charge in [-0.2, -0.15) is 0 Å². The lowest BCUT2D eigenvalue weighted by Gasteiger charge is -2.24. The zero-order valence-electron chi connectivity index (χ0n) is 9.48. The van der Waals surface area contributed by atoms with Gasteiger partial charge in [-0.25, -0.2) is 8.42 Å². The SMILES string of the molecule is CCC(CN)CN1CCCS(=O)(=O)CC1. The van der Waals surface area contributed by atoms with Crippen molar-refractivity contribution in [1.82, 2.24) is 4.90 Å². The second-order valence-electron chi connectivity index (χ2n) is 4.32.